The number of carbonyl (C=O) groups is 2. The van der Waals surface area contributed by atoms with E-state index in [1.807, 2.05) is 0 Å². The van der Waals surface area contributed by atoms with Gasteiger partial charge in [0.1, 0.15) is 5.76 Å². The van der Waals surface area contributed by atoms with Gasteiger partial charge in [0.05, 0.1) is 17.1 Å². The number of carbonyl (C=O) groups excluding carboxylic acids is 2. The molecule has 2 aromatic rings. The number of hydrogen-bond donors (Lipinski definition) is 1. The smallest absolute Gasteiger partial charge is 0.270 e. The molecule has 1 N–H and O–H groups in total. The van der Waals surface area contributed by atoms with Gasteiger partial charge in [-0.2, -0.15) is 0 Å². The van der Waals surface area contributed by atoms with Crippen molar-refractivity contribution in [2.75, 3.05) is 0 Å². The normalized spacial score (nSPS) is 10.4. The van der Waals surface area contributed by atoms with Gasteiger partial charge < -0.3 is 9.40 Å². The van der Waals surface area contributed by atoms with Gasteiger partial charge in [0.25, 0.3) is 11.7 Å². The average Bonchev–Trinajstić information content (AvgIpc) is 2.86. The van der Waals surface area contributed by atoms with Gasteiger partial charge in [-0.3, -0.25) is 9.59 Å². The van der Waals surface area contributed by atoms with Crippen LogP contribution in [0.15, 0.2) is 16.5 Å². The molecule has 16 heavy (non-hydrogen) atoms. The average molecular weight is 218 g/mol. The van der Waals surface area contributed by atoms with Crippen LogP contribution in [0.1, 0.15) is 38.3 Å². The molecule has 0 aliphatic rings. The number of ketones is 1. The third-order valence-electron chi connectivity index (χ3n) is 2.30. The number of aromatic amines is 1. The number of aromatic nitrogens is 2. The van der Waals surface area contributed by atoms with Gasteiger partial charge in [0, 0.05) is 0 Å². The summed E-state index contributed by atoms with van der Waals surface area (Å²) in [7, 11) is 0. The Morgan fingerprint density at radius 1 is 1.44 bits per heavy atom. The lowest BCUT2D eigenvalue weighted by molar-refractivity contribution is 0.0997. The van der Waals surface area contributed by atoms with Crippen LogP contribution in [0, 0.1) is 13.8 Å². The van der Waals surface area contributed by atoms with E-state index >= 15 is 0 Å². The summed E-state index contributed by atoms with van der Waals surface area (Å²) in [6.07, 6.45) is 0.642. The molecule has 0 atom stereocenters. The van der Waals surface area contributed by atoms with Crippen LogP contribution >= 0.6 is 0 Å². The minimum atomic E-state index is -0.357. The molecule has 2 rings (SSSR count). The van der Waals surface area contributed by atoms with Crippen LogP contribution in [0.25, 0.3) is 0 Å². The van der Waals surface area contributed by atoms with E-state index in [-0.39, 0.29) is 11.7 Å². The van der Waals surface area contributed by atoms with Gasteiger partial charge in [-0.1, -0.05) is 0 Å². The van der Waals surface area contributed by atoms with Crippen molar-refractivity contribution >= 4 is 12.1 Å². The number of oxazole rings is 1. The van der Waals surface area contributed by atoms with E-state index in [0.717, 1.165) is 0 Å². The van der Waals surface area contributed by atoms with Crippen molar-refractivity contribution in [1.29, 1.82) is 0 Å². The molecule has 0 saturated heterocycles. The second-order valence-electron chi connectivity index (χ2n) is 3.43. The highest BCUT2D eigenvalue weighted by atomic mass is 16.4. The molecule has 0 aliphatic carbocycles. The van der Waals surface area contributed by atoms with E-state index in [0.29, 0.717) is 29.1 Å². The molecule has 0 aromatic carbocycles. The van der Waals surface area contributed by atoms with Crippen LogP contribution in [0.3, 0.4) is 0 Å². The molecular formula is C11H10N2O3. The molecule has 0 amide bonds. The first-order chi connectivity index (χ1) is 7.61. The van der Waals surface area contributed by atoms with Gasteiger partial charge in [0.15, 0.2) is 6.29 Å². The molecule has 0 bridgehead atoms. The number of nitrogens with zero attached hydrogens (tertiary/aromatic N) is 1. The second kappa shape index (κ2) is 3.77. The summed E-state index contributed by atoms with van der Waals surface area (Å²) in [4.78, 5) is 29.0. The Kier molecular flexibility index (Phi) is 2.44. The van der Waals surface area contributed by atoms with Crippen molar-refractivity contribution < 1.29 is 14.0 Å². The Morgan fingerprint density at radius 3 is 2.69 bits per heavy atom. The molecular weight excluding hydrogens is 208 g/mol. The number of H-pyrrole nitrogens is 1. The second-order valence-corrected chi connectivity index (χ2v) is 3.43. The Labute approximate surface area is 91.5 Å². The Balaban J connectivity index is 2.34. The van der Waals surface area contributed by atoms with E-state index in [9.17, 15) is 9.59 Å². The molecule has 5 heteroatoms. The van der Waals surface area contributed by atoms with Gasteiger partial charge in [-0.25, -0.2) is 4.98 Å². The fourth-order valence-electron chi connectivity index (χ4n) is 1.30. The van der Waals surface area contributed by atoms with Crippen molar-refractivity contribution in [2.45, 2.75) is 13.8 Å². The van der Waals surface area contributed by atoms with E-state index in [1.54, 1.807) is 13.8 Å². The Morgan fingerprint density at radius 2 is 2.19 bits per heavy atom. The van der Waals surface area contributed by atoms with Crippen LogP contribution in [0.5, 0.6) is 0 Å². The highest BCUT2D eigenvalue weighted by Crippen LogP contribution is 2.12. The minimum absolute atomic E-state index is 0.0364. The number of rotatable bonds is 3. The number of hydrogen-bond acceptors (Lipinski definition) is 4. The Bertz CT molecular complexity index is 532. The predicted octanol–water partition coefficient (Wildman–Crippen LogP) is 1.66. The Hall–Kier alpha value is -2.17. The molecule has 0 unspecified atom stereocenters. The minimum Gasteiger partial charge on any atom is -0.439 e. The molecule has 0 spiro atoms. The summed E-state index contributed by atoms with van der Waals surface area (Å²) in [6.45, 7) is 3.51. The zero-order chi connectivity index (χ0) is 11.7. The maximum Gasteiger partial charge on any atom is 0.270 e. The number of nitrogens with one attached hydrogen (secondary N) is 1. The molecule has 2 aromatic heterocycles. The molecule has 0 saturated carbocycles. The first kappa shape index (κ1) is 10.4. The fraction of sp³-hybridized carbons (Fsp3) is 0.182. The molecule has 2 heterocycles. The maximum atomic E-state index is 11.8. The molecule has 5 nitrogen and oxygen atoms in total. The summed E-state index contributed by atoms with van der Waals surface area (Å²) in [5.41, 5.74) is 1.33. The molecule has 0 fully saturated rings. The lowest BCUT2D eigenvalue weighted by atomic mass is 10.3. The zero-order valence-corrected chi connectivity index (χ0v) is 8.90. The fourth-order valence-corrected chi connectivity index (χ4v) is 1.30. The lowest BCUT2D eigenvalue weighted by Gasteiger charge is -1.90. The summed E-state index contributed by atoms with van der Waals surface area (Å²) in [6, 6.07) is 3.06. The van der Waals surface area contributed by atoms with Gasteiger partial charge >= 0.3 is 0 Å². The van der Waals surface area contributed by atoms with Crippen molar-refractivity contribution in [2.24, 2.45) is 0 Å². The van der Waals surface area contributed by atoms with E-state index in [2.05, 4.69) is 9.97 Å². The zero-order valence-electron chi connectivity index (χ0n) is 8.90. The van der Waals surface area contributed by atoms with Crippen LogP contribution < -0.4 is 0 Å². The molecule has 0 radical (unpaired) electrons. The van der Waals surface area contributed by atoms with Crippen LogP contribution in [-0.4, -0.2) is 22.0 Å². The van der Waals surface area contributed by atoms with Crippen molar-refractivity contribution in [1.82, 2.24) is 9.97 Å². The molecule has 0 aliphatic heterocycles. The first-order valence-corrected chi connectivity index (χ1v) is 4.74. The van der Waals surface area contributed by atoms with Crippen molar-refractivity contribution in [3.8, 4) is 0 Å². The van der Waals surface area contributed by atoms with E-state index in [1.165, 1.54) is 12.1 Å². The lowest BCUT2D eigenvalue weighted by Crippen LogP contribution is -2.02. The SMILES string of the molecule is Cc1nc(C(=O)c2ccc(C=O)[nH]2)oc1C. The number of aryl methyl sites for hydroxylation is 2. The maximum absolute atomic E-state index is 11.8. The summed E-state index contributed by atoms with van der Waals surface area (Å²) < 4.78 is 5.20. The summed E-state index contributed by atoms with van der Waals surface area (Å²) in [5, 5.41) is 0. The largest absolute Gasteiger partial charge is 0.439 e. The topological polar surface area (TPSA) is 76.0 Å². The van der Waals surface area contributed by atoms with Crippen molar-refractivity contribution in [3.05, 3.63) is 40.9 Å². The summed E-state index contributed by atoms with van der Waals surface area (Å²) >= 11 is 0. The predicted molar refractivity (Wildman–Crippen MR) is 55.6 cm³/mol. The quantitative estimate of drug-likeness (QED) is 0.628. The molecule has 82 valence electrons. The van der Waals surface area contributed by atoms with Crippen LogP contribution in [-0.2, 0) is 0 Å². The van der Waals surface area contributed by atoms with Gasteiger partial charge in [-0.15, -0.1) is 0 Å². The van der Waals surface area contributed by atoms with Crippen molar-refractivity contribution in [3.63, 3.8) is 0 Å². The third-order valence-corrected chi connectivity index (χ3v) is 2.30. The number of aldehydes is 1. The van der Waals surface area contributed by atoms with Gasteiger partial charge in [-0.05, 0) is 26.0 Å². The van der Waals surface area contributed by atoms with Gasteiger partial charge in [0.2, 0.25) is 0 Å². The van der Waals surface area contributed by atoms with Crippen LogP contribution in [0.4, 0.5) is 0 Å². The monoisotopic (exact) mass is 218 g/mol. The highest BCUT2D eigenvalue weighted by molar-refractivity contribution is 6.05. The first-order valence-electron chi connectivity index (χ1n) is 4.74. The van der Waals surface area contributed by atoms with Crippen LogP contribution in [0.2, 0.25) is 0 Å². The summed E-state index contributed by atoms with van der Waals surface area (Å²) in [5.74, 6) is 0.295. The van der Waals surface area contributed by atoms with E-state index in [4.69, 9.17) is 4.42 Å². The van der Waals surface area contributed by atoms with E-state index < -0.39 is 0 Å². The highest BCUT2D eigenvalue weighted by Gasteiger charge is 2.18. The standard InChI is InChI=1S/C11H10N2O3/c1-6-7(2)16-11(12-6)10(15)9-4-3-8(5-14)13-9/h3-5,13H,1-2H3. The third kappa shape index (κ3) is 1.67.